The van der Waals surface area contributed by atoms with E-state index in [1.54, 1.807) is 24.4 Å². The fraction of sp³-hybridized carbons (Fsp3) is 0.278. The van der Waals surface area contributed by atoms with Gasteiger partial charge in [-0.2, -0.15) is 0 Å². The molecule has 1 atom stereocenters. The summed E-state index contributed by atoms with van der Waals surface area (Å²) in [5.74, 6) is 0.276. The molecule has 1 aliphatic rings. The first-order chi connectivity index (χ1) is 13.1. The van der Waals surface area contributed by atoms with Crippen molar-refractivity contribution in [3.63, 3.8) is 0 Å². The van der Waals surface area contributed by atoms with E-state index in [0.29, 0.717) is 36.1 Å². The molecular weight excluding hydrogens is 370 g/mol. The molecule has 0 saturated heterocycles. The fourth-order valence-corrected chi connectivity index (χ4v) is 3.39. The average Bonchev–Trinajstić information content (AvgIpc) is 3.23. The molecule has 0 unspecified atom stereocenters. The van der Waals surface area contributed by atoms with E-state index < -0.39 is 18.0 Å². The summed E-state index contributed by atoms with van der Waals surface area (Å²) < 4.78 is 18.0. The van der Waals surface area contributed by atoms with E-state index in [9.17, 15) is 9.59 Å². The van der Waals surface area contributed by atoms with Gasteiger partial charge in [-0.3, -0.25) is 14.0 Å². The minimum absolute atomic E-state index is 0.00996. The van der Waals surface area contributed by atoms with Crippen LogP contribution in [0.5, 0.6) is 11.5 Å². The van der Waals surface area contributed by atoms with Gasteiger partial charge in [0, 0.05) is 29.5 Å². The van der Waals surface area contributed by atoms with Crippen molar-refractivity contribution in [2.45, 2.75) is 19.4 Å². The second-order valence-corrected chi connectivity index (χ2v) is 6.85. The summed E-state index contributed by atoms with van der Waals surface area (Å²) in [5.41, 5.74) is 1.15. The van der Waals surface area contributed by atoms with E-state index in [-0.39, 0.29) is 6.42 Å². The first kappa shape index (κ1) is 17.3. The monoisotopic (exact) mass is 387 g/mol. The van der Waals surface area contributed by atoms with Crippen LogP contribution in [-0.4, -0.2) is 40.6 Å². The number of thiazole rings is 1. The zero-order chi connectivity index (χ0) is 18.8. The second-order valence-electron chi connectivity index (χ2n) is 5.98. The number of imidazole rings is 1. The summed E-state index contributed by atoms with van der Waals surface area (Å²) >= 11 is 1.48. The van der Waals surface area contributed by atoms with Gasteiger partial charge in [0.25, 0.3) is 5.91 Å². The third-order valence-electron chi connectivity index (χ3n) is 3.96. The number of hydrogen-bond donors (Lipinski definition) is 1. The fourth-order valence-electron chi connectivity index (χ4n) is 2.67. The number of fused-ring (bicyclic) bond motifs is 2. The largest absolute Gasteiger partial charge is 0.486 e. The van der Waals surface area contributed by atoms with Gasteiger partial charge < -0.3 is 19.5 Å². The van der Waals surface area contributed by atoms with Crippen molar-refractivity contribution in [1.82, 2.24) is 9.38 Å². The van der Waals surface area contributed by atoms with Crippen LogP contribution >= 0.6 is 11.3 Å². The van der Waals surface area contributed by atoms with Gasteiger partial charge in [0.15, 0.2) is 22.6 Å². The molecule has 3 aromatic rings. The van der Waals surface area contributed by atoms with Crippen LogP contribution in [0, 0.1) is 0 Å². The van der Waals surface area contributed by atoms with E-state index in [1.165, 1.54) is 18.3 Å². The van der Waals surface area contributed by atoms with Gasteiger partial charge in [-0.15, -0.1) is 11.3 Å². The third kappa shape index (κ3) is 3.87. The predicted octanol–water partition coefficient (Wildman–Crippen LogP) is 2.28. The topological polar surface area (TPSA) is 91.2 Å². The molecule has 27 heavy (non-hydrogen) atoms. The molecule has 0 aliphatic carbocycles. The van der Waals surface area contributed by atoms with Crippen molar-refractivity contribution >= 4 is 33.9 Å². The number of nitrogens with zero attached hydrogens (tertiary/aromatic N) is 2. The number of aromatic nitrogens is 2. The Kier molecular flexibility index (Phi) is 4.68. The molecule has 1 amide bonds. The van der Waals surface area contributed by atoms with Crippen LogP contribution in [0.3, 0.4) is 0 Å². The zero-order valence-corrected chi connectivity index (χ0v) is 15.3. The highest BCUT2D eigenvalue weighted by Crippen LogP contribution is 2.32. The molecule has 4 rings (SSSR count). The molecule has 1 N–H and O–H groups in total. The van der Waals surface area contributed by atoms with Gasteiger partial charge >= 0.3 is 5.97 Å². The standard InChI is InChI=1S/C18H17N3O5S/c1-11(26-16(22)9-13-10-21-4-7-27-18(21)20-13)17(23)19-12-2-3-14-15(8-12)25-6-5-24-14/h2-4,7-8,10-11H,5-6,9H2,1H3,(H,19,23)/t11-/m0/s1. The minimum atomic E-state index is -0.936. The summed E-state index contributed by atoms with van der Waals surface area (Å²) in [6.45, 7) is 2.49. The number of nitrogens with one attached hydrogen (secondary N) is 1. The minimum Gasteiger partial charge on any atom is -0.486 e. The third-order valence-corrected chi connectivity index (χ3v) is 4.73. The number of amides is 1. The molecule has 2 aromatic heterocycles. The van der Waals surface area contributed by atoms with E-state index >= 15 is 0 Å². The zero-order valence-electron chi connectivity index (χ0n) is 14.5. The van der Waals surface area contributed by atoms with Crippen LogP contribution < -0.4 is 14.8 Å². The maximum atomic E-state index is 12.3. The maximum absolute atomic E-state index is 12.3. The lowest BCUT2D eigenvalue weighted by Crippen LogP contribution is -2.30. The molecule has 0 radical (unpaired) electrons. The Balaban J connectivity index is 1.33. The molecule has 0 saturated carbocycles. The van der Waals surface area contributed by atoms with E-state index in [2.05, 4.69) is 10.3 Å². The lowest BCUT2D eigenvalue weighted by atomic mass is 10.2. The van der Waals surface area contributed by atoms with Crippen molar-refractivity contribution in [3.8, 4) is 11.5 Å². The SMILES string of the molecule is C[C@H](OC(=O)Cc1cn2ccsc2n1)C(=O)Nc1ccc2c(c1)OCCO2. The molecule has 9 heteroatoms. The quantitative estimate of drug-likeness (QED) is 0.676. The maximum Gasteiger partial charge on any atom is 0.312 e. The molecule has 3 heterocycles. The van der Waals surface area contributed by atoms with E-state index in [0.717, 1.165) is 4.96 Å². The highest BCUT2D eigenvalue weighted by Gasteiger charge is 2.20. The number of benzene rings is 1. The number of anilines is 1. The molecular formula is C18H17N3O5S. The lowest BCUT2D eigenvalue weighted by molar-refractivity contribution is -0.152. The number of carbonyl (C=O) groups is 2. The van der Waals surface area contributed by atoms with Crippen LogP contribution in [0.2, 0.25) is 0 Å². The molecule has 140 valence electrons. The molecule has 0 fully saturated rings. The van der Waals surface area contributed by atoms with Gasteiger partial charge in [0.1, 0.15) is 13.2 Å². The van der Waals surface area contributed by atoms with Crippen molar-refractivity contribution in [1.29, 1.82) is 0 Å². The number of carbonyl (C=O) groups excluding carboxylic acids is 2. The van der Waals surface area contributed by atoms with Gasteiger partial charge in [-0.25, -0.2) is 4.98 Å². The molecule has 1 aromatic carbocycles. The van der Waals surface area contributed by atoms with Crippen LogP contribution in [0.4, 0.5) is 5.69 Å². The van der Waals surface area contributed by atoms with Crippen LogP contribution in [0.25, 0.3) is 4.96 Å². The van der Waals surface area contributed by atoms with Crippen molar-refractivity contribution in [3.05, 3.63) is 41.7 Å². The predicted molar refractivity (Wildman–Crippen MR) is 98.4 cm³/mol. The molecule has 0 bridgehead atoms. The Labute approximate surface area is 158 Å². The smallest absolute Gasteiger partial charge is 0.312 e. The first-order valence-electron chi connectivity index (χ1n) is 8.39. The number of esters is 1. The summed E-state index contributed by atoms with van der Waals surface area (Å²) in [7, 11) is 0. The number of ether oxygens (including phenoxy) is 3. The summed E-state index contributed by atoms with van der Waals surface area (Å²) in [6, 6.07) is 5.11. The van der Waals surface area contributed by atoms with Crippen LogP contribution in [0.1, 0.15) is 12.6 Å². The van der Waals surface area contributed by atoms with Crippen molar-refractivity contribution < 1.29 is 23.8 Å². The highest BCUT2D eigenvalue weighted by atomic mass is 32.1. The summed E-state index contributed by atoms with van der Waals surface area (Å²) in [4.78, 5) is 29.5. The second kappa shape index (κ2) is 7.28. The normalized spacial score (nSPS) is 14.0. The Hall–Kier alpha value is -3.07. The van der Waals surface area contributed by atoms with E-state index in [1.807, 2.05) is 16.0 Å². The Bertz CT molecular complexity index is 967. The van der Waals surface area contributed by atoms with Crippen LogP contribution in [0.15, 0.2) is 36.0 Å². The van der Waals surface area contributed by atoms with Crippen LogP contribution in [-0.2, 0) is 20.7 Å². The number of rotatable bonds is 5. The summed E-state index contributed by atoms with van der Waals surface area (Å²) in [6.07, 6.45) is 2.71. The van der Waals surface area contributed by atoms with Crippen molar-refractivity contribution in [2.24, 2.45) is 0 Å². The Morgan fingerprint density at radius 1 is 1.33 bits per heavy atom. The average molecular weight is 387 g/mol. The van der Waals surface area contributed by atoms with E-state index in [4.69, 9.17) is 14.2 Å². The van der Waals surface area contributed by atoms with Crippen molar-refractivity contribution in [2.75, 3.05) is 18.5 Å². The molecule has 1 aliphatic heterocycles. The van der Waals surface area contributed by atoms with Gasteiger partial charge in [0.2, 0.25) is 0 Å². The van der Waals surface area contributed by atoms with Gasteiger partial charge in [-0.1, -0.05) is 0 Å². The van der Waals surface area contributed by atoms with Gasteiger partial charge in [0.05, 0.1) is 12.1 Å². The highest BCUT2D eigenvalue weighted by molar-refractivity contribution is 7.15. The number of hydrogen-bond acceptors (Lipinski definition) is 7. The Morgan fingerprint density at radius 3 is 2.96 bits per heavy atom. The first-order valence-corrected chi connectivity index (χ1v) is 9.27. The lowest BCUT2D eigenvalue weighted by Gasteiger charge is -2.19. The Morgan fingerprint density at radius 2 is 2.15 bits per heavy atom. The molecule has 0 spiro atoms. The molecule has 8 nitrogen and oxygen atoms in total. The van der Waals surface area contributed by atoms with Gasteiger partial charge in [-0.05, 0) is 19.1 Å². The summed E-state index contributed by atoms with van der Waals surface area (Å²) in [5, 5.41) is 4.62.